The summed E-state index contributed by atoms with van der Waals surface area (Å²) in [4.78, 5) is 28.1. The third kappa shape index (κ3) is 5.24. The first-order valence-corrected chi connectivity index (χ1v) is 10.5. The van der Waals surface area contributed by atoms with Crippen LogP contribution in [0, 0.1) is 0 Å². The van der Waals surface area contributed by atoms with Crippen LogP contribution in [0.3, 0.4) is 0 Å². The minimum absolute atomic E-state index is 0.0729. The van der Waals surface area contributed by atoms with Crippen molar-refractivity contribution in [1.82, 2.24) is 10.3 Å². The molecule has 8 heteroatoms. The predicted octanol–water partition coefficient (Wildman–Crippen LogP) is 3.89. The molecule has 2 aromatic carbocycles. The first kappa shape index (κ1) is 20.2. The second-order valence-electron chi connectivity index (χ2n) is 5.80. The molecule has 0 bridgehead atoms. The molecule has 0 saturated heterocycles. The number of thioether (sulfide) groups is 1. The number of hydrogen-bond acceptors (Lipinski definition) is 7. The summed E-state index contributed by atoms with van der Waals surface area (Å²) in [5, 5.41) is 2.87. The van der Waals surface area contributed by atoms with Crippen LogP contribution in [0.5, 0.6) is 5.75 Å². The lowest BCUT2D eigenvalue weighted by Crippen LogP contribution is -2.24. The highest BCUT2D eigenvalue weighted by molar-refractivity contribution is 8.01. The molecule has 3 rings (SSSR count). The third-order valence-electron chi connectivity index (χ3n) is 3.84. The predicted molar refractivity (Wildman–Crippen MR) is 111 cm³/mol. The molecule has 0 saturated carbocycles. The second-order valence-corrected chi connectivity index (χ2v) is 8.05. The van der Waals surface area contributed by atoms with E-state index in [1.54, 1.807) is 35.6 Å². The molecule has 0 aliphatic carbocycles. The number of carbonyl (C=O) groups excluding carboxylic acids is 2. The fraction of sp³-hybridized carbons (Fsp3) is 0.250. The van der Waals surface area contributed by atoms with Gasteiger partial charge in [-0.15, -0.1) is 11.3 Å². The van der Waals surface area contributed by atoms with Crippen molar-refractivity contribution in [1.29, 1.82) is 0 Å². The molecular formula is C20H20N2O4S2. The lowest BCUT2D eigenvalue weighted by atomic mass is 10.1. The molecule has 0 unspecified atom stereocenters. The highest BCUT2D eigenvalue weighted by Gasteiger charge is 2.09. The Bertz CT molecular complexity index is 970. The molecule has 1 N–H and O–H groups in total. The zero-order chi connectivity index (χ0) is 19.9. The van der Waals surface area contributed by atoms with E-state index < -0.39 is 0 Å². The number of methoxy groups -OCH3 is 1. The lowest BCUT2D eigenvalue weighted by Gasteiger charge is -2.05. The number of amides is 1. The molecule has 1 aromatic heterocycles. The first-order valence-electron chi connectivity index (χ1n) is 8.69. The lowest BCUT2D eigenvalue weighted by molar-refractivity contribution is -0.118. The Morgan fingerprint density at radius 1 is 1.18 bits per heavy atom. The van der Waals surface area contributed by atoms with Crippen molar-refractivity contribution in [2.75, 3.05) is 19.5 Å². The molecule has 0 fully saturated rings. The van der Waals surface area contributed by atoms with Crippen molar-refractivity contribution in [3.8, 4) is 5.75 Å². The van der Waals surface area contributed by atoms with Gasteiger partial charge in [0.05, 0.1) is 35.2 Å². The van der Waals surface area contributed by atoms with Crippen LogP contribution in [-0.4, -0.2) is 36.3 Å². The molecule has 1 heterocycles. The topological polar surface area (TPSA) is 77.5 Å². The van der Waals surface area contributed by atoms with Crippen molar-refractivity contribution in [2.45, 2.75) is 17.8 Å². The van der Waals surface area contributed by atoms with Crippen molar-refractivity contribution in [2.24, 2.45) is 0 Å². The van der Waals surface area contributed by atoms with E-state index in [4.69, 9.17) is 4.74 Å². The normalized spacial score (nSPS) is 10.6. The van der Waals surface area contributed by atoms with Gasteiger partial charge in [0.1, 0.15) is 5.75 Å². The molecule has 0 radical (unpaired) electrons. The molecule has 3 aromatic rings. The van der Waals surface area contributed by atoms with E-state index in [9.17, 15) is 9.59 Å². The maximum Gasteiger partial charge on any atom is 0.337 e. The Labute approximate surface area is 171 Å². The van der Waals surface area contributed by atoms with Gasteiger partial charge in [0.2, 0.25) is 5.91 Å². The Kier molecular flexibility index (Phi) is 6.89. The van der Waals surface area contributed by atoms with Gasteiger partial charge in [-0.05, 0) is 42.8 Å². The molecule has 0 atom stereocenters. The van der Waals surface area contributed by atoms with E-state index >= 15 is 0 Å². The smallest absolute Gasteiger partial charge is 0.337 e. The van der Waals surface area contributed by atoms with Crippen LogP contribution in [0.4, 0.5) is 0 Å². The molecule has 6 nitrogen and oxygen atoms in total. The Morgan fingerprint density at radius 2 is 1.96 bits per heavy atom. The summed E-state index contributed by atoms with van der Waals surface area (Å²) >= 11 is 2.96. The van der Waals surface area contributed by atoms with E-state index in [-0.39, 0.29) is 11.9 Å². The molecular weight excluding hydrogens is 396 g/mol. The Balaban J connectivity index is 1.50. The summed E-state index contributed by atoms with van der Waals surface area (Å²) in [5.41, 5.74) is 2.30. The number of rotatable bonds is 8. The van der Waals surface area contributed by atoms with Crippen molar-refractivity contribution in [3.63, 3.8) is 0 Å². The van der Waals surface area contributed by atoms with Crippen LogP contribution in [0.15, 0.2) is 46.8 Å². The maximum atomic E-state index is 12.1. The monoisotopic (exact) mass is 416 g/mol. The number of ether oxygens (including phenoxy) is 2. The molecule has 28 heavy (non-hydrogen) atoms. The van der Waals surface area contributed by atoms with Gasteiger partial charge in [-0.1, -0.05) is 23.9 Å². The minimum Gasteiger partial charge on any atom is -0.494 e. The second kappa shape index (κ2) is 9.57. The van der Waals surface area contributed by atoms with E-state index in [1.807, 2.05) is 25.1 Å². The summed E-state index contributed by atoms with van der Waals surface area (Å²) in [6.45, 7) is 2.97. The number of nitrogens with one attached hydrogen (secondary N) is 1. The van der Waals surface area contributed by atoms with Crippen molar-refractivity contribution >= 4 is 45.2 Å². The molecule has 0 spiro atoms. The zero-order valence-corrected chi connectivity index (χ0v) is 17.2. The summed E-state index contributed by atoms with van der Waals surface area (Å²) in [5.74, 6) is 0.664. The Morgan fingerprint density at radius 3 is 2.68 bits per heavy atom. The first-order chi connectivity index (χ1) is 13.6. The molecule has 0 aliphatic heterocycles. The van der Waals surface area contributed by atoms with Gasteiger partial charge in [0.15, 0.2) is 4.34 Å². The number of thiazole rings is 1. The number of esters is 1. The number of aromatic nitrogens is 1. The SMILES string of the molecule is CCOc1ccc2nc(SCC(=O)NCc3ccc(C(=O)OC)cc3)sc2c1. The van der Waals surface area contributed by atoms with Crippen LogP contribution in [0.1, 0.15) is 22.8 Å². The number of carbonyl (C=O) groups is 2. The number of fused-ring (bicyclic) bond motifs is 1. The average Bonchev–Trinajstić information content (AvgIpc) is 3.13. The van der Waals surface area contributed by atoms with Gasteiger partial charge >= 0.3 is 5.97 Å². The van der Waals surface area contributed by atoms with Crippen LogP contribution in [0.25, 0.3) is 10.2 Å². The van der Waals surface area contributed by atoms with Gasteiger partial charge in [-0.2, -0.15) is 0 Å². The fourth-order valence-electron chi connectivity index (χ4n) is 2.46. The summed E-state index contributed by atoms with van der Waals surface area (Å²) in [7, 11) is 1.34. The van der Waals surface area contributed by atoms with Crippen LogP contribution in [-0.2, 0) is 16.1 Å². The highest BCUT2D eigenvalue weighted by Crippen LogP contribution is 2.31. The molecule has 0 aliphatic rings. The highest BCUT2D eigenvalue weighted by atomic mass is 32.2. The molecule has 1 amide bonds. The van der Waals surface area contributed by atoms with Gasteiger partial charge in [-0.3, -0.25) is 4.79 Å². The quantitative estimate of drug-likeness (QED) is 0.443. The third-order valence-corrected chi connectivity index (χ3v) is 6.00. The van der Waals surface area contributed by atoms with Gasteiger partial charge in [-0.25, -0.2) is 9.78 Å². The average molecular weight is 417 g/mol. The fourth-order valence-corrected chi connectivity index (χ4v) is 4.38. The number of nitrogens with zero attached hydrogens (tertiary/aromatic N) is 1. The van der Waals surface area contributed by atoms with E-state index in [2.05, 4.69) is 15.0 Å². The zero-order valence-electron chi connectivity index (χ0n) is 15.6. The summed E-state index contributed by atoms with van der Waals surface area (Å²) in [6, 6.07) is 12.8. The minimum atomic E-state index is -0.379. The molecule has 146 valence electrons. The van der Waals surface area contributed by atoms with Crippen molar-refractivity contribution < 1.29 is 19.1 Å². The number of hydrogen-bond donors (Lipinski definition) is 1. The standard InChI is InChI=1S/C20H20N2O4S2/c1-3-26-15-8-9-16-17(10-15)28-20(22-16)27-12-18(23)21-11-13-4-6-14(7-5-13)19(24)25-2/h4-10H,3,11-12H2,1-2H3,(H,21,23). The van der Waals surface area contributed by atoms with Crippen LogP contribution >= 0.6 is 23.1 Å². The maximum absolute atomic E-state index is 12.1. The van der Waals surface area contributed by atoms with E-state index in [1.165, 1.54) is 18.9 Å². The van der Waals surface area contributed by atoms with Crippen LogP contribution < -0.4 is 10.1 Å². The van der Waals surface area contributed by atoms with E-state index in [0.717, 1.165) is 25.9 Å². The van der Waals surface area contributed by atoms with Crippen LogP contribution in [0.2, 0.25) is 0 Å². The largest absolute Gasteiger partial charge is 0.494 e. The number of benzene rings is 2. The summed E-state index contributed by atoms with van der Waals surface area (Å²) in [6.07, 6.45) is 0. The van der Waals surface area contributed by atoms with Gasteiger partial charge < -0.3 is 14.8 Å². The van der Waals surface area contributed by atoms with Crippen molar-refractivity contribution in [3.05, 3.63) is 53.6 Å². The van der Waals surface area contributed by atoms with E-state index in [0.29, 0.717) is 24.5 Å². The Hall–Kier alpha value is -2.58. The van der Waals surface area contributed by atoms with Gasteiger partial charge in [0.25, 0.3) is 0 Å². The summed E-state index contributed by atoms with van der Waals surface area (Å²) < 4.78 is 12.1. The van der Waals surface area contributed by atoms with Gasteiger partial charge in [0, 0.05) is 6.54 Å².